The molecule has 0 spiro atoms. The number of fused-ring (bicyclic) bond motifs is 1. The van der Waals surface area contributed by atoms with Gasteiger partial charge in [-0.05, 0) is 79.0 Å². The quantitative estimate of drug-likeness (QED) is 0.367. The van der Waals surface area contributed by atoms with Gasteiger partial charge < -0.3 is 15.4 Å². The number of hydrogen-bond donors (Lipinski definition) is 2. The molecule has 0 saturated carbocycles. The highest BCUT2D eigenvalue weighted by Crippen LogP contribution is 2.24. The summed E-state index contributed by atoms with van der Waals surface area (Å²) in [5.41, 5.74) is 4.43. The molecule has 0 atom stereocenters. The summed E-state index contributed by atoms with van der Waals surface area (Å²) in [6.45, 7) is 4.01. The van der Waals surface area contributed by atoms with Gasteiger partial charge in [-0.15, -0.1) is 0 Å². The Bertz CT molecular complexity index is 1260. The van der Waals surface area contributed by atoms with Crippen molar-refractivity contribution >= 4 is 45.4 Å². The third-order valence-corrected chi connectivity index (χ3v) is 5.39. The molecule has 5 heteroatoms. The maximum absolute atomic E-state index is 12.6. The number of aryl methyl sites for hydroxylation is 1. The van der Waals surface area contributed by atoms with Gasteiger partial charge in [-0.1, -0.05) is 48.5 Å². The molecule has 4 aromatic carbocycles. The summed E-state index contributed by atoms with van der Waals surface area (Å²) in [6, 6.07) is 26.8. The van der Waals surface area contributed by atoms with Crippen LogP contribution in [0.5, 0.6) is 5.75 Å². The van der Waals surface area contributed by atoms with Crippen LogP contribution in [0, 0.1) is 13.8 Å². The van der Waals surface area contributed by atoms with Gasteiger partial charge in [-0.3, -0.25) is 4.79 Å². The molecule has 1 amide bonds. The third kappa shape index (κ3) is 4.73. The topological polar surface area (TPSA) is 50.4 Å². The molecule has 2 N–H and O–H groups in total. The number of amides is 1. The van der Waals surface area contributed by atoms with E-state index in [-0.39, 0.29) is 11.1 Å². The minimum absolute atomic E-state index is 0.170. The first-order valence-electron chi connectivity index (χ1n) is 9.95. The van der Waals surface area contributed by atoms with Crippen LogP contribution in [-0.2, 0) is 0 Å². The van der Waals surface area contributed by atoms with Crippen molar-refractivity contribution in [3.05, 3.63) is 102 Å². The summed E-state index contributed by atoms with van der Waals surface area (Å²) in [5, 5.41) is 8.53. The summed E-state index contributed by atoms with van der Waals surface area (Å²) in [6.07, 6.45) is 0. The van der Waals surface area contributed by atoms with Crippen molar-refractivity contribution in [3.8, 4) is 5.75 Å². The van der Waals surface area contributed by atoms with Crippen LogP contribution < -0.4 is 15.4 Å². The monoisotopic (exact) mass is 426 g/mol. The van der Waals surface area contributed by atoms with Crippen molar-refractivity contribution in [1.82, 2.24) is 0 Å². The van der Waals surface area contributed by atoms with Gasteiger partial charge in [0.05, 0.1) is 0 Å². The van der Waals surface area contributed by atoms with E-state index in [1.807, 2.05) is 74.5 Å². The summed E-state index contributed by atoms with van der Waals surface area (Å²) >= 11 is 5.37. The third-order valence-electron chi connectivity index (χ3n) is 5.21. The number of ether oxygens (including phenoxy) is 1. The van der Waals surface area contributed by atoms with Crippen molar-refractivity contribution in [3.63, 3.8) is 0 Å². The van der Waals surface area contributed by atoms with Gasteiger partial charge in [0.2, 0.25) is 0 Å². The zero-order chi connectivity index (χ0) is 21.8. The first-order valence-corrected chi connectivity index (χ1v) is 10.4. The minimum Gasteiger partial charge on any atom is -0.432 e. The highest BCUT2D eigenvalue weighted by Gasteiger charge is 2.10. The Morgan fingerprint density at radius 1 is 0.774 bits per heavy atom. The van der Waals surface area contributed by atoms with E-state index in [4.69, 9.17) is 17.0 Å². The molecule has 0 aliphatic rings. The highest BCUT2D eigenvalue weighted by molar-refractivity contribution is 7.80. The number of carbonyl (C=O) groups excluding carboxylic acids is 1. The van der Waals surface area contributed by atoms with Crippen LogP contribution in [0.4, 0.5) is 11.4 Å². The maximum atomic E-state index is 12.6. The summed E-state index contributed by atoms with van der Waals surface area (Å²) in [7, 11) is 0. The molecule has 31 heavy (non-hydrogen) atoms. The lowest BCUT2D eigenvalue weighted by Gasteiger charge is -2.12. The Balaban J connectivity index is 1.41. The zero-order valence-electron chi connectivity index (χ0n) is 17.3. The second-order valence-electron chi connectivity index (χ2n) is 7.27. The highest BCUT2D eigenvalue weighted by atomic mass is 32.1. The average Bonchev–Trinajstić information content (AvgIpc) is 2.77. The molecule has 0 unspecified atom stereocenters. The minimum atomic E-state index is -0.170. The lowest BCUT2D eigenvalue weighted by molar-refractivity contribution is 0.102. The average molecular weight is 427 g/mol. The van der Waals surface area contributed by atoms with Crippen LogP contribution in [-0.4, -0.2) is 11.1 Å². The van der Waals surface area contributed by atoms with Gasteiger partial charge in [-0.2, -0.15) is 0 Å². The molecule has 0 fully saturated rings. The number of benzene rings is 4. The van der Waals surface area contributed by atoms with Gasteiger partial charge in [0.25, 0.3) is 11.1 Å². The first-order chi connectivity index (χ1) is 15.0. The van der Waals surface area contributed by atoms with Crippen LogP contribution in [0.1, 0.15) is 21.5 Å². The zero-order valence-corrected chi connectivity index (χ0v) is 18.1. The molecule has 0 aromatic heterocycles. The fourth-order valence-electron chi connectivity index (χ4n) is 3.33. The van der Waals surface area contributed by atoms with Crippen LogP contribution in [0.2, 0.25) is 0 Å². The largest absolute Gasteiger partial charge is 0.432 e. The summed E-state index contributed by atoms with van der Waals surface area (Å²) in [5.74, 6) is 0.387. The molecule has 4 aromatic rings. The van der Waals surface area contributed by atoms with Gasteiger partial charge in [0.1, 0.15) is 5.75 Å². The number of thiocarbonyl (C=S) groups is 1. The maximum Gasteiger partial charge on any atom is 0.266 e. The molecule has 154 valence electrons. The predicted octanol–water partition coefficient (Wildman–Crippen LogP) is 6.48. The standard InChI is InChI=1S/C26H22N2O2S/c1-17-7-5-11-23(18(17)2)27-25(29)20-13-15-21(16-14-20)30-26(31)28-24-12-6-9-19-8-3-4-10-22(19)24/h3-16H,1-2H3,(H,27,29)(H,28,31). The Morgan fingerprint density at radius 3 is 2.26 bits per heavy atom. The molecule has 0 bridgehead atoms. The van der Waals surface area contributed by atoms with E-state index in [1.54, 1.807) is 24.3 Å². The van der Waals surface area contributed by atoms with Crippen molar-refractivity contribution in [1.29, 1.82) is 0 Å². The normalized spacial score (nSPS) is 10.5. The second kappa shape index (κ2) is 8.98. The van der Waals surface area contributed by atoms with Gasteiger partial charge in [0, 0.05) is 22.3 Å². The van der Waals surface area contributed by atoms with Gasteiger partial charge in [0.15, 0.2) is 0 Å². The first kappa shape index (κ1) is 20.6. The fourth-order valence-corrected chi connectivity index (χ4v) is 3.54. The second-order valence-corrected chi connectivity index (χ2v) is 7.64. The number of rotatable bonds is 4. The summed E-state index contributed by atoms with van der Waals surface area (Å²) in [4.78, 5) is 12.6. The van der Waals surface area contributed by atoms with Crippen molar-refractivity contribution in [2.24, 2.45) is 0 Å². The van der Waals surface area contributed by atoms with Crippen LogP contribution in [0.3, 0.4) is 0 Å². The van der Waals surface area contributed by atoms with E-state index >= 15 is 0 Å². The van der Waals surface area contributed by atoms with E-state index in [0.717, 1.165) is 33.3 Å². The lowest BCUT2D eigenvalue weighted by Crippen LogP contribution is -2.17. The van der Waals surface area contributed by atoms with Crippen LogP contribution >= 0.6 is 12.2 Å². The van der Waals surface area contributed by atoms with Crippen molar-refractivity contribution in [2.45, 2.75) is 13.8 Å². The van der Waals surface area contributed by atoms with Crippen molar-refractivity contribution in [2.75, 3.05) is 10.6 Å². The van der Waals surface area contributed by atoms with E-state index in [9.17, 15) is 4.79 Å². The van der Waals surface area contributed by atoms with Gasteiger partial charge >= 0.3 is 0 Å². The summed E-state index contributed by atoms with van der Waals surface area (Å²) < 4.78 is 5.74. The Labute approximate surface area is 186 Å². The molecular formula is C26H22N2O2S. The number of hydrogen-bond acceptors (Lipinski definition) is 3. The van der Waals surface area contributed by atoms with E-state index in [0.29, 0.717) is 11.3 Å². The van der Waals surface area contributed by atoms with E-state index in [1.165, 1.54) is 0 Å². The molecular weight excluding hydrogens is 404 g/mol. The van der Waals surface area contributed by atoms with E-state index in [2.05, 4.69) is 10.6 Å². The molecule has 0 radical (unpaired) electrons. The molecule has 0 saturated heterocycles. The smallest absolute Gasteiger partial charge is 0.266 e. The Hall–Kier alpha value is -3.70. The molecule has 4 rings (SSSR count). The van der Waals surface area contributed by atoms with Crippen LogP contribution in [0.15, 0.2) is 84.9 Å². The van der Waals surface area contributed by atoms with Gasteiger partial charge in [-0.25, -0.2) is 0 Å². The lowest BCUT2D eigenvalue weighted by atomic mass is 10.1. The molecule has 0 aliphatic carbocycles. The number of nitrogens with one attached hydrogen (secondary N) is 2. The molecule has 4 nitrogen and oxygen atoms in total. The van der Waals surface area contributed by atoms with Crippen molar-refractivity contribution < 1.29 is 9.53 Å². The Kier molecular flexibility index (Phi) is 5.96. The molecule has 0 aliphatic heterocycles. The number of anilines is 2. The molecule has 0 heterocycles. The predicted molar refractivity (Wildman–Crippen MR) is 131 cm³/mol. The number of carbonyl (C=O) groups is 1. The van der Waals surface area contributed by atoms with E-state index < -0.39 is 0 Å². The van der Waals surface area contributed by atoms with Crippen LogP contribution in [0.25, 0.3) is 10.8 Å². The fraction of sp³-hybridized carbons (Fsp3) is 0.0769. The Morgan fingerprint density at radius 2 is 1.45 bits per heavy atom. The SMILES string of the molecule is Cc1cccc(NC(=O)c2ccc(OC(=S)Nc3cccc4ccccc34)cc2)c1C.